The van der Waals surface area contributed by atoms with Gasteiger partial charge in [0.1, 0.15) is 0 Å². The van der Waals surface area contributed by atoms with Crippen molar-refractivity contribution >= 4 is 11.9 Å². The van der Waals surface area contributed by atoms with Crippen molar-refractivity contribution < 1.29 is 19.4 Å². The van der Waals surface area contributed by atoms with Gasteiger partial charge in [-0.1, -0.05) is 0 Å². The van der Waals surface area contributed by atoms with Gasteiger partial charge in [0, 0.05) is 45.8 Å². The molecule has 0 aliphatic carbocycles. The molecule has 0 saturated carbocycles. The number of nitrogens with zero attached hydrogens (tertiary/aromatic N) is 2. The van der Waals surface area contributed by atoms with Gasteiger partial charge in [-0.05, 0) is 6.42 Å². The maximum absolute atomic E-state index is 11.8. The van der Waals surface area contributed by atoms with Crippen molar-refractivity contribution in [2.75, 3.05) is 39.9 Å². The lowest BCUT2D eigenvalue weighted by atomic mass is 10.1. The highest BCUT2D eigenvalue weighted by atomic mass is 16.5. The fourth-order valence-electron chi connectivity index (χ4n) is 2.74. The first-order chi connectivity index (χ1) is 8.61. The van der Waals surface area contributed by atoms with Crippen LogP contribution in [0, 0.1) is 5.92 Å². The fourth-order valence-corrected chi connectivity index (χ4v) is 2.74. The van der Waals surface area contributed by atoms with Crippen molar-refractivity contribution in [1.82, 2.24) is 9.80 Å². The van der Waals surface area contributed by atoms with Gasteiger partial charge < -0.3 is 14.7 Å². The molecule has 0 bridgehead atoms. The molecule has 0 aromatic heterocycles. The normalized spacial score (nSPS) is 29.2. The molecule has 2 unspecified atom stereocenters. The Morgan fingerprint density at radius 3 is 2.89 bits per heavy atom. The van der Waals surface area contributed by atoms with E-state index in [1.165, 1.54) is 0 Å². The molecular weight excluding hydrogens is 236 g/mol. The molecule has 102 valence electrons. The second-order valence-corrected chi connectivity index (χ2v) is 5.02. The SMILES string of the molecule is COCCN1CCC(N2CC(C(=O)O)CC2=O)C1. The number of aliphatic carboxylic acids is 1. The first-order valence-electron chi connectivity index (χ1n) is 6.35. The van der Waals surface area contributed by atoms with Gasteiger partial charge in [-0.3, -0.25) is 14.5 Å². The van der Waals surface area contributed by atoms with Crippen LogP contribution in [0.3, 0.4) is 0 Å². The molecule has 18 heavy (non-hydrogen) atoms. The Hall–Kier alpha value is -1.14. The zero-order valence-corrected chi connectivity index (χ0v) is 10.7. The lowest BCUT2D eigenvalue weighted by molar-refractivity contribution is -0.141. The average Bonchev–Trinajstić information content (AvgIpc) is 2.92. The summed E-state index contributed by atoms with van der Waals surface area (Å²) < 4.78 is 5.03. The van der Waals surface area contributed by atoms with Crippen LogP contribution in [0.15, 0.2) is 0 Å². The fraction of sp³-hybridized carbons (Fsp3) is 0.833. The molecule has 0 spiro atoms. The van der Waals surface area contributed by atoms with Crippen LogP contribution in [0.1, 0.15) is 12.8 Å². The Labute approximate surface area is 106 Å². The summed E-state index contributed by atoms with van der Waals surface area (Å²) >= 11 is 0. The Balaban J connectivity index is 1.86. The third-order valence-corrected chi connectivity index (χ3v) is 3.81. The molecule has 2 saturated heterocycles. The first kappa shape index (κ1) is 13.3. The number of carbonyl (C=O) groups is 2. The number of hydrogen-bond acceptors (Lipinski definition) is 4. The Morgan fingerprint density at radius 2 is 2.28 bits per heavy atom. The van der Waals surface area contributed by atoms with Gasteiger partial charge in [0.2, 0.25) is 5.91 Å². The van der Waals surface area contributed by atoms with Crippen LogP contribution >= 0.6 is 0 Å². The van der Waals surface area contributed by atoms with Gasteiger partial charge >= 0.3 is 5.97 Å². The van der Waals surface area contributed by atoms with E-state index < -0.39 is 11.9 Å². The van der Waals surface area contributed by atoms with Crippen LogP contribution in [0.2, 0.25) is 0 Å². The number of rotatable bonds is 5. The molecule has 2 rings (SSSR count). The summed E-state index contributed by atoms with van der Waals surface area (Å²) in [6.45, 7) is 3.73. The van der Waals surface area contributed by atoms with Gasteiger partial charge in [0.25, 0.3) is 0 Å². The van der Waals surface area contributed by atoms with E-state index in [1.807, 2.05) is 0 Å². The summed E-state index contributed by atoms with van der Waals surface area (Å²) in [5.74, 6) is -1.40. The lowest BCUT2D eigenvalue weighted by Crippen LogP contribution is -2.39. The van der Waals surface area contributed by atoms with E-state index >= 15 is 0 Å². The van der Waals surface area contributed by atoms with E-state index in [1.54, 1.807) is 12.0 Å². The van der Waals surface area contributed by atoms with E-state index in [9.17, 15) is 9.59 Å². The average molecular weight is 256 g/mol. The van der Waals surface area contributed by atoms with Gasteiger partial charge in [0.05, 0.1) is 12.5 Å². The summed E-state index contributed by atoms with van der Waals surface area (Å²) in [5, 5.41) is 8.95. The Kier molecular flexibility index (Phi) is 4.19. The molecule has 0 aromatic rings. The Bertz CT molecular complexity index is 334. The second kappa shape index (κ2) is 5.67. The van der Waals surface area contributed by atoms with E-state index in [2.05, 4.69) is 4.90 Å². The standard InChI is InChI=1S/C12H20N2O4/c1-18-5-4-13-3-2-10(8-13)14-7-9(12(16)17)6-11(14)15/h9-10H,2-8H2,1H3,(H,16,17). The van der Waals surface area contributed by atoms with Crippen LogP contribution in [0.25, 0.3) is 0 Å². The molecular formula is C12H20N2O4. The second-order valence-electron chi connectivity index (χ2n) is 5.02. The van der Waals surface area contributed by atoms with Gasteiger partial charge in [-0.25, -0.2) is 0 Å². The van der Waals surface area contributed by atoms with E-state index in [4.69, 9.17) is 9.84 Å². The maximum Gasteiger partial charge on any atom is 0.308 e. The van der Waals surface area contributed by atoms with Gasteiger partial charge in [-0.2, -0.15) is 0 Å². The van der Waals surface area contributed by atoms with Crippen LogP contribution in [-0.4, -0.2) is 72.7 Å². The van der Waals surface area contributed by atoms with Crippen LogP contribution in [0.4, 0.5) is 0 Å². The van der Waals surface area contributed by atoms with Crippen LogP contribution in [-0.2, 0) is 14.3 Å². The number of likely N-dealkylation sites (tertiary alicyclic amines) is 2. The first-order valence-corrected chi connectivity index (χ1v) is 6.35. The number of ether oxygens (including phenoxy) is 1. The van der Waals surface area contributed by atoms with E-state index in [0.717, 1.165) is 26.1 Å². The molecule has 2 fully saturated rings. The molecule has 2 aliphatic heterocycles. The molecule has 1 N–H and O–H groups in total. The number of carboxylic acid groups (broad SMARTS) is 1. The third kappa shape index (κ3) is 2.81. The van der Waals surface area contributed by atoms with Crippen molar-refractivity contribution in [1.29, 1.82) is 0 Å². The van der Waals surface area contributed by atoms with E-state index in [-0.39, 0.29) is 18.4 Å². The number of carboxylic acids is 1. The minimum absolute atomic E-state index is 0.0130. The number of methoxy groups -OCH3 is 1. The summed E-state index contributed by atoms with van der Waals surface area (Å²) in [7, 11) is 1.68. The zero-order chi connectivity index (χ0) is 13.1. The lowest BCUT2D eigenvalue weighted by Gasteiger charge is -2.24. The molecule has 6 nitrogen and oxygen atoms in total. The monoisotopic (exact) mass is 256 g/mol. The molecule has 2 atom stereocenters. The van der Waals surface area contributed by atoms with Gasteiger partial charge in [-0.15, -0.1) is 0 Å². The molecule has 0 radical (unpaired) electrons. The minimum Gasteiger partial charge on any atom is -0.481 e. The quantitative estimate of drug-likeness (QED) is 0.727. The predicted molar refractivity (Wildman–Crippen MR) is 64.2 cm³/mol. The van der Waals surface area contributed by atoms with Crippen LogP contribution < -0.4 is 0 Å². The summed E-state index contributed by atoms with van der Waals surface area (Å²) in [6, 6.07) is 0.179. The highest BCUT2D eigenvalue weighted by Crippen LogP contribution is 2.25. The maximum atomic E-state index is 11.8. The van der Waals surface area contributed by atoms with Crippen molar-refractivity contribution in [3.63, 3.8) is 0 Å². The van der Waals surface area contributed by atoms with Crippen molar-refractivity contribution in [3.8, 4) is 0 Å². The zero-order valence-electron chi connectivity index (χ0n) is 10.7. The predicted octanol–water partition coefficient (Wildman–Crippen LogP) is -0.360. The van der Waals surface area contributed by atoms with Crippen LogP contribution in [0.5, 0.6) is 0 Å². The molecule has 1 amide bonds. The van der Waals surface area contributed by atoms with E-state index in [0.29, 0.717) is 13.2 Å². The third-order valence-electron chi connectivity index (χ3n) is 3.81. The summed E-state index contributed by atoms with van der Waals surface area (Å²) in [4.78, 5) is 26.7. The van der Waals surface area contributed by atoms with Crippen molar-refractivity contribution in [3.05, 3.63) is 0 Å². The summed E-state index contributed by atoms with van der Waals surface area (Å²) in [5.41, 5.74) is 0. The molecule has 0 aromatic carbocycles. The van der Waals surface area contributed by atoms with Crippen molar-refractivity contribution in [2.45, 2.75) is 18.9 Å². The topological polar surface area (TPSA) is 70.1 Å². The van der Waals surface area contributed by atoms with Gasteiger partial charge in [0.15, 0.2) is 0 Å². The Morgan fingerprint density at radius 1 is 1.50 bits per heavy atom. The number of hydrogen-bond donors (Lipinski definition) is 1. The molecule has 2 heterocycles. The molecule has 2 aliphatic rings. The minimum atomic E-state index is -0.861. The highest BCUT2D eigenvalue weighted by molar-refractivity contribution is 5.86. The highest BCUT2D eigenvalue weighted by Gasteiger charge is 2.39. The summed E-state index contributed by atoms with van der Waals surface area (Å²) in [6.07, 6.45) is 1.09. The molecule has 6 heteroatoms. The largest absolute Gasteiger partial charge is 0.481 e. The number of amides is 1. The smallest absolute Gasteiger partial charge is 0.308 e. The van der Waals surface area contributed by atoms with Crippen molar-refractivity contribution in [2.24, 2.45) is 5.92 Å². The number of carbonyl (C=O) groups excluding carboxylic acids is 1.